The summed E-state index contributed by atoms with van der Waals surface area (Å²) in [5, 5.41) is 18.6. The first-order valence-electron chi connectivity index (χ1n) is 9.30. The number of hydrogen-bond acceptors (Lipinski definition) is 4. The van der Waals surface area contributed by atoms with Gasteiger partial charge < -0.3 is 5.32 Å². The van der Waals surface area contributed by atoms with Gasteiger partial charge in [-0.3, -0.25) is 14.9 Å². The summed E-state index contributed by atoms with van der Waals surface area (Å²) in [6, 6.07) is 23.5. The Labute approximate surface area is 172 Å². The first-order valence-corrected chi connectivity index (χ1v) is 9.30. The molecule has 7 heteroatoms. The Morgan fingerprint density at radius 2 is 1.63 bits per heavy atom. The van der Waals surface area contributed by atoms with Crippen LogP contribution < -0.4 is 5.32 Å². The lowest BCUT2D eigenvalue weighted by molar-refractivity contribution is -0.385. The van der Waals surface area contributed by atoms with Crippen LogP contribution in [0, 0.1) is 17.0 Å². The van der Waals surface area contributed by atoms with Gasteiger partial charge in [0.05, 0.1) is 27.4 Å². The molecule has 0 saturated carbocycles. The Balaban J connectivity index is 1.76. The molecule has 0 atom stereocenters. The predicted molar refractivity (Wildman–Crippen MR) is 115 cm³/mol. The van der Waals surface area contributed by atoms with E-state index in [9.17, 15) is 14.9 Å². The molecule has 7 nitrogen and oxygen atoms in total. The molecule has 0 spiro atoms. The lowest BCUT2D eigenvalue weighted by Crippen LogP contribution is -2.13. The van der Waals surface area contributed by atoms with Crippen LogP contribution in [0.2, 0.25) is 0 Å². The van der Waals surface area contributed by atoms with Crippen molar-refractivity contribution in [1.82, 2.24) is 9.78 Å². The minimum Gasteiger partial charge on any atom is -0.321 e. The molecule has 1 aromatic heterocycles. The molecule has 0 radical (unpaired) electrons. The maximum Gasteiger partial charge on any atom is 0.274 e. The number of rotatable bonds is 5. The van der Waals surface area contributed by atoms with Gasteiger partial charge in [-0.05, 0) is 25.1 Å². The third kappa shape index (κ3) is 3.68. The van der Waals surface area contributed by atoms with E-state index >= 15 is 0 Å². The normalized spacial score (nSPS) is 10.6. The van der Waals surface area contributed by atoms with Gasteiger partial charge in [-0.1, -0.05) is 54.6 Å². The van der Waals surface area contributed by atoms with E-state index in [1.807, 2.05) is 60.7 Å². The summed E-state index contributed by atoms with van der Waals surface area (Å²) < 4.78 is 1.65. The highest BCUT2D eigenvalue weighted by atomic mass is 16.6. The number of benzene rings is 3. The number of hydrogen-bond donors (Lipinski definition) is 1. The highest BCUT2D eigenvalue weighted by Gasteiger charge is 2.21. The van der Waals surface area contributed by atoms with E-state index in [-0.39, 0.29) is 11.6 Å². The summed E-state index contributed by atoms with van der Waals surface area (Å²) in [5.74, 6) is -0.389. The van der Waals surface area contributed by atoms with Crippen LogP contribution in [-0.4, -0.2) is 20.6 Å². The molecule has 4 aromatic rings. The summed E-state index contributed by atoms with van der Waals surface area (Å²) >= 11 is 0. The van der Waals surface area contributed by atoms with E-state index in [0.717, 1.165) is 11.3 Å². The molecule has 0 unspecified atom stereocenters. The van der Waals surface area contributed by atoms with Gasteiger partial charge in [0.1, 0.15) is 5.69 Å². The lowest BCUT2D eigenvalue weighted by Gasteiger charge is -2.08. The maximum atomic E-state index is 13.2. The van der Waals surface area contributed by atoms with Crippen molar-refractivity contribution in [3.8, 4) is 16.9 Å². The highest BCUT2D eigenvalue weighted by molar-refractivity contribution is 6.08. The van der Waals surface area contributed by atoms with E-state index < -0.39 is 4.92 Å². The number of anilines is 1. The average molecular weight is 398 g/mol. The third-order valence-corrected chi connectivity index (χ3v) is 4.78. The molecule has 0 bridgehead atoms. The van der Waals surface area contributed by atoms with Crippen LogP contribution in [0.5, 0.6) is 0 Å². The van der Waals surface area contributed by atoms with Crippen LogP contribution in [-0.2, 0) is 0 Å². The standard InChI is InChI=1S/C23H18N4O3/c1-16-20(13-8-14-21(16)27(29)30)24-23(28)19-15-26(18-11-6-3-7-12-18)25-22(19)17-9-4-2-5-10-17/h2-15H,1H3,(H,24,28). The summed E-state index contributed by atoms with van der Waals surface area (Å²) in [4.78, 5) is 23.9. The van der Waals surface area contributed by atoms with Gasteiger partial charge in [0.15, 0.2) is 0 Å². The minimum atomic E-state index is -0.464. The molecule has 4 rings (SSSR count). The van der Waals surface area contributed by atoms with Crippen molar-refractivity contribution < 1.29 is 9.72 Å². The summed E-state index contributed by atoms with van der Waals surface area (Å²) in [5.41, 5.74) is 3.26. The van der Waals surface area contributed by atoms with Crippen LogP contribution >= 0.6 is 0 Å². The topological polar surface area (TPSA) is 90.1 Å². The van der Waals surface area contributed by atoms with E-state index in [1.165, 1.54) is 6.07 Å². The molecule has 1 heterocycles. The molecule has 148 valence electrons. The second-order valence-electron chi connectivity index (χ2n) is 6.70. The molecule has 1 N–H and O–H groups in total. The molecular weight excluding hydrogens is 380 g/mol. The number of para-hydroxylation sites is 1. The van der Waals surface area contributed by atoms with Crippen LogP contribution in [0.1, 0.15) is 15.9 Å². The van der Waals surface area contributed by atoms with Crippen LogP contribution in [0.4, 0.5) is 11.4 Å². The van der Waals surface area contributed by atoms with Crippen molar-refractivity contribution in [2.45, 2.75) is 6.92 Å². The van der Waals surface area contributed by atoms with Gasteiger partial charge in [-0.2, -0.15) is 5.10 Å². The molecule has 3 aromatic carbocycles. The molecule has 30 heavy (non-hydrogen) atoms. The number of amides is 1. The molecule has 1 amide bonds. The Morgan fingerprint density at radius 1 is 0.967 bits per heavy atom. The van der Waals surface area contributed by atoms with Crippen molar-refractivity contribution in [1.29, 1.82) is 0 Å². The zero-order chi connectivity index (χ0) is 21.1. The number of nitro benzene ring substituents is 1. The maximum absolute atomic E-state index is 13.2. The zero-order valence-electron chi connectivity index (χ0n) is 16.1. The van der Waals surface area contributed by atoms with Gasteiger partial charge in [-0.15, -0.1) is 0 Å². The van der Waals surface area contributed by atoms with Gasteiger partial charge in [0, 0.05) is 17.8 Å². The number of carbonyl (C=O) groups excluding carboxylic acids is 1. The lowest BCUT2D eigenvalue weighted by atomic mass is 10.1. The van der Waals surface area contributed by atoms with Crippen LogP contribution in [0.25, 0.3) is 16.9 Å². The number of carbonyl (C=O) groups is 1. The third-order valence-electron chi connectivity index (χ3n) is 4.78. The van der Waals surface area contributed by atoms with Crippen molar-refractivity contribution in [3.05, 3.63) is 106 Å². The van der Waals surface area contributed by atoms with Crippen LogP contribution in [0.3, 0.4) is 0 Å². The SMILES string of the molecule is Cc1c(NC(=O)c2cn(-c3ccccc3)nc2-c2ccccc2)cccc1[N+](=O)[O-]. The van der Waals surface area contributed by atoms with Crippen molar-refractivity contribution in [3.63, 3.8) is 0 Å². The number of aromatic nitrogens is 2. The summed E-state index contributed by atoms with van der Waals surface area (Å²) in [7, 11) is 0. The van der Waals surface area contributed by atoms with Crippen molar-refractivity contribution in [2.75, 3.05) is 5.32 Å². The highest BCUT2D eigenvalue weighted by Crippen LogP contribution is 2.28. The quantitative estimate of drug-likeness (QED) is 0.378. The average Bonchev–Trinajstić information content (AvgIpc) is 3.22. The molecule has 0 aliphatic rings. The fourth-order valence-corrected chi connectivity index (χ4v) is 3.21. The Morgan fingerprint density at radius 3 is 2.30 bits per heavy atom. The fourth-order valence-electron chi connectivity index (χ4n) is 3.21. The Bertz CT molecular complexity index is 1220. The van der Waals surface area contributed by atoms with Crippen molar-refractivity contribution >= 4 is 17.3 Å². The predicted octanol–water partition coefficient (Wildman–Crippen LogP) is 5.01. The molecule has 0 saturated heterocycles. The first-order chi connectivity index (χ1) is 14.5. The molecule has 0 aliphatic heterocycles. The number of nitrogens with one attached hydrogen (secondary N) is 1. The molecule has 0 aliphatic carbocycles. The van der Waals surface area contributed by atoms with E-state index in [4.69, 9.17) is 0 Å². The van der Waals surface area contributed by atoms with E-state index in [1.54, 1.807) is 29.9 Å². The largest absolute Gasteiger partial charge is 0.321 e. The van der Waals surface area contributed by atoms with Gasteiger partial charge in [0.25, 0.3) is 11.6 Å². The molecule has 0 fully saturated rings. The first kappa shape index (κ1) is 19.1. The second kappa shape index (κ2) is 8.00. The fraction of sp³-hybridized carbons (Fsp3) is 0.0435. The van der Waals surface area contributed by atoms with Crippen molar-refractivity contribution in [2.24, 2.45) is 0 Å². The second-order valence-corrected chi connectivity index (χ2v) is 6.70. The zero-order valence-corrected chi connectivity index (χ0v) is 16.1. The number of nitrogens with zero attached hydrogens (tertiary/aromatic N) is 3. The van der Waals surface area contributed by atoms with Gasteiger partial charge in [0.2, 0.25) is 0 Å². The Hall–Kier alpha value is -4.26. The minimum absolute atomic E-state index is 0.0453. The van der Waals surface area contributed by atoms with Gasteiger partial charge >= 0.3 is 0 Å². The number of nitro groups is 1. The monoisotopic (exact) mass is 398 g/mol. The summed E-state index contributed by atoms with van der Waals surface area (Å²) in [6.45, 7) is 1.61. The smallest absolute Gasteiger partial charge is 0.274 e. The summed E-state index contributed by atoms with van der Waals surface area (Å²) in [6.07, 6.45) is 1.67. The van der Waals surface area contributed by atoms with E-state index in [0.29, 0.717) is 22.5 Å². The molecular formula is C23H18N4O3. The van der Waals surface area contributed by atoms with Crippen LogP contribution in [0.15, 0.2) is 85.1 Å². The van der Waals surface area contributed by atoms with E-state index in [2.05, 4.69) is 10.4 Å². The van der Waals surface area contributed by atoms with Gasteiger partial charge in [-0.25, -0.2) is 4.68 Å². The Kier molecular flexibility index (Phi) is 5.09.